The van der Waals surface area contributed by atoms with E-state index >= 15 is 0 Å². The van der Waals surface area contributed by atoms with Crippen molar-refractivity contribution in [2.45, 2.75) is 26.8 Å². The van der Waals surface area contributed by atoms with Crippen LogP contribution in [0.1, 0.15) is 33.1 Å². The zero-order chi connectivity index (χ0) is 19.2. The van der Waals surface area contributed by atoms with Crippen molar-refractivity contribution in [2.75, 3.05) is 13.2 Å². The van der Waals surface area contributed by atoms with E-state index < -0.39 is 0 Å². The molecule has 6 nitrogen and oxygen atoms in total. The van der Waals surface area contributed by atoms with Crippen LogP contribution >= 0.6 is 0 Å². The number of benzene rings is 1. The zero-order valence-corrected chi connectivity index (χ0v) is 15.7. The van der Waals surface area contributed by atoms with Crippen LogP contribution < -0.4 is 5.32 Å². The summed E-state index contributed by atoms with van der Waals surface area (Å²) in [5.41, 5.74) is 3.79. The van der Waals surface area contributed by atoms with Gasteiger partial charge in [0.1, 0.15) is 5.76 Å². The number of furan rings is 1. The van der Waals surface area contributed by atoms with Gasteiger partial charge >= 0.3 is 0 Å². The summed E-state index contributed by atoms with van der Waals surface area (Å²) in [4.78, 5) is 12.4. The first-order valence-electron chi connectivity index (χ1n) is 9.06. The molecule has 0 aliphatic heterocycles. The number of carbonyl (C=O) groups excluding carboxylic acids is 1. The molecule has 0 bridgehead atoms. The summed E-state index contributed by atoms with van der Waals surface area (Å²) in [6.07, 6.45) is 2.20. The Hall–Kier alpha value is -2.86. The van der Waals surface area contributed by atoms with Gasteiger partial charge in [-0.1, -0.05) is 12.1 Å². The third-order valence-corrected chi connectivity index (χ3v) is 4.53. The van der Waals surface area contributed by atoms with E-state index in [4.69, 9.17) is 4.42 Å². The van der Waals surface area contributed by atoms with Crippen molar-refractivity contribution in [1.29, 1.82) is 0 Å². The normalized spacial score (nSPS) is 12.1. The van der Waals surface area contributed by atoms with Crippen molar-refractivity contribution in [2.24, 2.45) is 5.92 Å². The number of aromatic nitrogens is 2. The predicted molar refractivity (Wildman–Crippen MR) is 103 cm³/mol. The maximum atomic E-state index is 12.4. The highest BCUT2D eigenvalue weighted by atomic mass is 16.3. The van der Waals surface area contributed by atoms with E-state index in [9.17, 15) is 9.90 Å². The van der Waals surface area contributed by atoms with E-state index in [-0.39, 0.29) is 18.4 Å². The molecule has 2 N–H and O–H groups in total. The van der Waals surface area contributed by atoms with E-state index in [0.717, 1.165) is 22.7 Å². The standard InChI is InChI=1S/C21H25N3O3/c1-15-10-16(2)24(23-15)13-17-5-7-19(8-6-17)21(26)22-12-18(14-25)11-20-4-3-9-27-20/h3-10,18,25H,11-14H2,1-2H3,(H,22,26)/t18-/m0/s1. The van der Waals surface area contributed by atoms with Gasteiger partial charge in [-0.3, -0.25) is 9.48 Å². The van der Waals surface area contributed by atoms with Crippen LogP contribution in [0.25, 0.3) is 0 Å². The molecule has 27 heavy (non-hydrogen) atoms. The molecule has 3 aromatic rings. The van der Waals surface area contributed by atoms with Crippen LogP contribution in [0.3, 0.4) is 0 Å². The first-order valence-corrected chi connectivity index (χ1v) is 9.06. The average molecular weight is 367 g/mol. The van der Waals surface area contributed by atoms with Gasteiger partial charge in [0, 0.05) is 36.7 Å². The Morgan fingerprint density at radius 1 is 1.26 bits per heavy atom. The molecule has 142 valence electrons. The van der Waals surface area contributed by atoms with Crippen LogP contribution in [-0.4, -0.2) is 33.9 Å². The minimum atomic E-state index is -0.148. The predicted octanol–water partition coefficient (Wildman–Crippen LogP) is 2.72. The van der Waals surface area contributed by atoms with Crippen LogP contribution in [-0.2, 0) is 13.0 Å². The third-order valence-electron chi connectivity index (χ3n) is 4.53. The van der Waals surface area contributed by atoms with Crippen molar-refractivity contribution in [3.63, 3.8) is 0 Å². The molecule has 0 fully saturated rings. The van der Waals surface area contributed by atoms with E-state index in [2.05, 4.69) is 10.4 Å². The van der Waals surface area contributed by atoms with Gasteiger partial charge in [-0.25, -0.2) is 0 Å². The summed E-state index contributed by atoms with van der Waals surface area (Å²) in [7, 11) is 0. The van der Waals surface area contributed by atoms with E-state index in [1.807, 2.05) is 61.0 Å². The summed E-state index contributed by atoms with van der Waals surface area (Å²) in [6.45, 7) is 5.06. The van der Waals surface area contributed by atoms with Crippen molar-refractivity contribution in [3.8, 4) is 0 Å². The molecule has 1 atom stereocenters. The molecule has 2 heterocycles. The second-order valence-corrected chi connectivity index (χ2v) is 6.82. The van der Waals surface area contributed by atoms with Gasteiger partial charge in [-0.05, 0) is 49.7 Å². The highest BCUT2D eigenvalue weighted by molar-refractivity contribution is 5.94. The lowest BCUT2D eigenvalue weighted by molar-refractivity contribution is 0.0939. The van der Waals surface area contributed by atoms with E-state index in [1.54, 1.807) is 6.26 Å². The number of nitrogens with zero attached hydrogens (tertiary/aromatic N) is 2. The molecular weight excluding hydrogens is 342 g/mol. The van der Waals surface area contributed by atoms with Gasteiger partial charge in [-0.15, -0.1) is 0 Å². The van der Waals surface area contributed by atoms with Crippen molar-refractivity contribution < 1.29 is 14.3 Å². The van der Waals surface area contributed by atoms with Crippen LogP contribution in [0.5, 0.6) is 0 Å². The number of rotatable bonds is 8. The number of hydrogen-bond donors (Lipinski definition) is 2. The first kappa shape index (κ1) is 18.9. The van der Waals surface area contributed by atoms with Crippen LogP contribution in [0.2, 0.25) is 0 Å². The third kappa shape index (κ3) is 5.08. The van der Waals surface area contributed by atoms with Gasteiger partial charge in [0.2, 0.25) is 0 Å². The number of aliphatic hydroxyl groups excluding tert-OH is 1. The summed E-state index contributed by atoms with van der Waals surface area (Å²) in [5.74, 6) is 0.577. The number of amides is 1. The number of carbonyl (C=O) groups is 1. The van der Waals surface area contributed by atoms with Gasteiger partial charge in [0.15, 0.2) is 0 Å². The second kappa shape index (κ2) is 8.68. The number of aryl methyl sites for hydroxylation is 2. The lowest BCUT2D eigenvalue weighted by Gasteiger charge is -2.14. The maximum Gasteiger partial charge on any atom is 0.251 e. The Kier molecular flexibility index (Phi) is 6.08. The van der Waals surface area contributed by atoms with Gasteiger partial charge < -0.3 is 14.8 Å². The molecule has 1 aromatic carbocycles. The summed E-state index contributed by atoms with van der Waals surface area (Å²) >= 11 is 0. The average Bonchev–Trinajstić information content (AvgIpc) is 3.28. The first-order chi connectivity index (χ1) is 13.0. The fraction of sp³-hybridized carbons (Fsp3) is 0.333. The summed E-state index contributed by atoms with van der Waals surface area (Å²) in [6, 6.07) is 13.2. The lowest BCUT2D eigenvalue weighted by atomic mass is 10.0. The largest absolute Gasteiger partial charge is 0.469 e. The molecule has 0 aliphatic rings. The number of nitrogens with one attached hydrogen (secondary N) is 1. The smallest absolute Gasteiger partial charge is 0.251 e. The topological polar surface area (TPSA) is 80.3 Å². The lowest BCUT2D eigenvalue weighted by Crippen LogP contribution is -2.31. The SMILES string of the molecule is Cc1cc(C)n(Cc2ccc(C(=O)NC[C@@H](CO)Cc3ccco3)cc2)n1. The Labute approximate surface area is 158 Å². The van der Waals surface area contributed by atoms with Crippen LogP contribution in [0.15, 0.2) is 53.1 Å². The number of aliphatic hydroxyl groups is 1. The monoisotopic (exact) mass is 367 g/mol. The van der Waals surface area contributed by atoms with Gasteiger partial charge in [0.25, 0.3) is 5.91 Å². The molecule has 0 saturated carbocycles. The molecule has 3 rings (SSSR count). The Bertz CT molecular complexity index is 867. The summed E-state index contributed by atoms with van der Waals surface area (Å²) < 4.78 is 7.25. The van der Waals surface area contributed by atoms with Gasteiger partial charge in [0.05, 0.1) is 18.5 Å². The number of hydrogen-bond acceptors (Lipinski definition) is 4. The molecule has 6 heteroatoms. The van der Waals surface area contributed by atoms with Crippen LogP contribution in [0.4, 0.5) is 0 Å². The minimum absolute atomic E-state index is 0.0114. The molecule has 2 aromatic heterocycles. The quantitative estimate of drug-likeness (QED) is 0.641. The van der Waals surface area contributed by atoms with Crippen molar-refractivity contribution in [3.05, 3.63) is 77.0 Å². The highest BCUT2D eigenvalue weighted by Gasteiger charge is 2.13. The molecular formula is C21H25N3O3. The fourth-order valence-corrected chi connectivity index (χ4v) is 3.02. The molecule has 0 unspecified atom stereocenters. The molecule has 0 aliphatic carbocycles. The van der Waals surface area contributed by atoms with Crippen molar-refractivity contribution in [1.82, 2.24) is 15.1 Å². The maximum absolute atomic E-state index is 12.4. The minimum Gasteiger partial charge on any atom is -0.469 e. The second-order valence-electron chi connectivity index (χ2n) is 6.82. The molecule has 0 saturated heterocycles. The molecule has 1 amide bonds. The fourth-order valence-electron chi connectivity index (χ4n) is 3.02. The van der Waals surface area contributed by atoms with E-state index in [0.29, 0.717) is 25.1 Å². The van der Waals surface area contributed by atoms with E-state index in [1.165, 1.54) is 0 Å². The van der Waals surface area contributed by atoms with Crippen molar-refractivity contribution >= 4 is 5.91 Å². The van der Waals surface area contributed by atoms with Crippen LogP contribution in [0, 0.1) is 19.8 Å². The highest BCUT2D eigenvalue weighted by Crippen LogP contribution is 2.11. The Morgan fingerprint density at radius 3 is 2.63 bits per heavy atom. The zero-order valence-electron chi connectivity index (χ0n) is 15.7. The van der Waals surface area contributed by atoms with Gasteiger partial charge in [-0.2, -0.15) is 5.10 Å². The Morgan fingerprint density at radius 2 is 2.04 bits per heavy atom. The molecule has 0 spiro atoms. The Balaban J connectivity index is 1.54. The summed E-state index contributed by atoms with van der Waals surface area (Å²) in [5, 5.41) is 16.9. The molecule has 0 radical (unpaired) electrons.